The third kappa shape index (κ3) is 2.87. The van der Waals surface area contributed by atoms with E-state index in [2.05, 4.69) is 15.7 Å². The van der Waals surface area contributed by atoms with Gasteiger partial charge < -0.3 is 15.1 Å². The molecule has 3 aromatic rings. The predicted molar refractivity (Wildman–Crippen MR) is 98.6 cm³/mol. The molecule has 8 nitrogen and oxygen atoms in total. The van der Waals surface area contributed by atoms with Crippen LogP contribution in [0.3, 0.4) is 0 Å². The SMILES string of the molecule is Cc1c(NC(=O)Nc2ccc3c(c2)oc(=O)n3C)cnn1C1CCCC1. The normalized spacial score (nSPS) is 14.8. The highest BCUT2D eigenvalue weighted by Crippen LogP contribution is 2.31. The number of amides is 2. The molecular formula is C18H21N5O3. The van der Waals surface area contributed by atoms with Gasteiger partial charge in [0.1, 0.15) is 0 Å². The lowest BCUT2D eigenvalue weighted by molar-refractivity contribution is 0.262. The van der Waals surface area contributed by atoms with E-state index in [1.54, 1.807) is 31.4 Å². The highest BCUT2D eigenvalue weighted by Gasteiger charge is 2.21. The average molecular weight is 355 g/mol. The highest BCUT2D eigenvalue weighted by atomic mass is 16.4. The van der Waals surface area contributed by atoms with Crippen molar-refractivity contribution in [2.45, 2.75) is 38.6 Å². The molecule has 136 valence electrons. The number of urea groups is 1. The van der Waals surface area contributed by atoms with Crippen LogP contribution in [0.5, 0.6) is 0 Å². The van der Waals surface area contributed by atoms with Crippen molar-refractivity contribution in [2.75, 3.05) is 10.6 Å². The Bertz CT molecular complexity index is 1020. The molecule has 1 aliphatic carbocycles. The molecular weight excluding hydrogens is 334 g/mol. The Morgan fingerprint density at radius 1 is 1.27 bits per heavy atom. The molecule has 2 N–H and O–H groups in total. The molecule has 2 amide bonds. The van der Waals surface area contributed by atoms with Gasteiger partial charge in [-0.2, -0.15) is 5.10 Å². The summed E-state index contributed by atoms with van der Waals surface area (Å²) in [5, 5.41) is 10.0. The summed E-state index contributed by atoms with van der Waals surface area (Å²) in [7, 11) is 1.64. The van der Waals surface area contributed by atoms with Crippen molar-refractivity contribution >= 4 is 28.5 Å². The molecule has 0 radical (unpaired) electrons. The lowest BCUT2D eigenvalue weighted by Crippen LogP contribution is -2.20. The van der Waals surface area contributed by atoms with E-state index in [0.29, 0.717) is 28.5 Å². The summed E-state index contributed by atoms with van der Waals surface area (Å²) >= 11 is 0. The number of aryl methyl sites for hydroxylation is 1. The number of benzene rings is 1. The van der Waals surface area contributed by atoms with Crippen LogP contribution in [-0.2, 0) is 7.05 Å². The maximum atomic E-state index is 12.3. The third-order valence-electron chi connectivity index (χ3n) is 5.01. The minimum absolute atomic E-state index is 0.364. The van der Waals surface area contributed by atoms with Gasteiger partial charge in [-0.05, 0) is 31.9 Å². The highest BCUT2D eigenvalue weighted by molar-refractivity contribution is 6.00. The van der Waals surface area contributed by atoms with Crippen LogP contribution in [0, 0.1) is 6.92 Å². The lowest BCUT2D eigenvalue weighted by atomic mass is 10.2. The molecule has 2 aromatic heterocycles. The number of hydrogen-bond donors (Lipinski definition) is 2. The summed E-state index contributed by atoms with van der Waals surface area (Å²) in [5.41, 5.74) is 3.30. The van der Waals surface area contributed by atoms with Gasteiger partial charge in [0.25, 0.3) is 0 Å². The van der Waals surface area contributed by atoms with Crippen molar-refractivity contribution in [1.29, 1.82) is 0 Å². The summed E-state index contributed by atoms with van der Waals surface area (Å²) < 4.78 is 8.56. The van der Waals surface area contributed by atoms with Crippen molar-refractivity contribution in [1.82, 2.24) is 14.3 Å². The molecule has 0 unspecified atom stereocenters. The van der Waals surface area contributed by atoms with Crippen LogP contribution in [0.4, 0.5) is 16.2 Å². The van der Waals surface area contributed by atoms with E-state index >= 15 is 0 Å². The molecule has 26 heavy (non-hydrogen) atoms. The Kier molecular flexibility index (Phi) is 4.02. The number of anilines is 2. The summed E-state index contributed by atoms with van der Waals surface area (Å²) in [6.45, 7) is 1.96. The Labute approximate surface area is 149 Å². The largest absolute Gasteiger partial charge is 0.419 e. The first-order valence-corrected chi connectivity index (χ1v) is 8.74. The number of carbonyl (C=O) groups excluding carboxylic acids is 1. The number of fused-ring (bicyclic) bond motifs is 1. The topological polar surface area (TPSA) is 94.1 Å². The molecule has 2 heterocycles. The minimum atomic E-state index is -0.434. The van der Waals surface area contributed by atoms with Gasteiger partial charge in [0.05, 0.1) is 29.1 Å². The third-order valence-corrected chi connectivity index (χ3v) is 5.01. The maximum Gasteiger partial charge on any atom is 0.419 e. The van der Waals surface area contributed by atoms with Crippen LogP contribution in [-0.4, -0.2) is 20.4 Å². The van der Waals surface area contributed by atoms with E-state index in [4.69, 9.17) is 4.42 Å². The summed E-state index contributed by atoms with van der Waals surface area (Å²) in [6, 6.07) is 5.16. The number of nitrogens with one attached hydrogen (secondary N) is 2. The molecule has 0 spiro atoms. The van der Waals surface area contributed by atoms with Gasteiger partial charge in [-0.3, -0.25) is 9.25 Å². The van der Waals surface area contributed by atoms with Crippen molar-refractivity contribution in [3.05, 3.63) is 40.6 Å². The van der Waals surface area contributed by atoms with E-state index in [9.17, 15) is 9.59 Å². The van der Waals surface area contributed by atoms with E-state index in [0.717, 1.165) is 18.5 Å². The Balaban J connectivity index is 1.48. The van der Waals surface area contributed by atoms with Crippen molar-refractivity contribution < 1.29 is 9.21 Å². The lowest BCUT2D eigenvalue weighted by Gasteiger charge is -2.13. The second kappa shape index (κ2) is 6.36. The summed E-state index contributed by atoms with van der Waals surface area (Å²) in [6.07, 6.45) is 6.41. The minimum Gasteiger partial charge on any atom is -0.408 e. The smallest absolute Gasteiger partial charge is 0.408 e. The van der Waals surface area contributed by atoms with E-state index in [1.165, 1.54) is 17.4 Å². The van der Waals surface area contributed by atoms with Crippen LogP contribution >= 0.6 is 0 Å². The average Bonchev–Trinajstić information content (AvgIpc) is 3.30. The van der Waals surface area contributed by atoms with E-state index < -0.39 is 5.76 Å². The van der Waals surface area contributed by atoms with Gasteiger partial charge in [0.2, 0.25) is 0 Å². The zero-order chi connectivity index (χ0) is 18.3. The van der Waals surface area contributed by atoms with Gasteiger partial charge in [0, 0.05) is 18.8 Å². The second-order valence-corrected chi connectivity index (χ2v) is 6.72. The molecule has 8 heteroatoms. The number of rotatable bonds is 3. The molecule has 1 aromatic carbocycles. The fourth-order valence-electron chi connectivity index (χ4n) is 3.56. The fourth-order valence-corrected chi connectivity index (χ4v) is 3.56. The van der Waals surface area contributed by atoms with Crippen molar-refractivity contribution in [3.8, 4) is 0 Å². The Morgan fingerprint density at radius 3 is 2.81 bits per heavy atom. The summed E-state index contributed by atoms with van der Waals surface area (Å²) in [4.78, 5) is 23.9. The Hall–Kier alpha value is -3.03. The monoisotopic (exact) mass is 355 g/mol. The Morgan fingerprint density at radius 2 is 2.04 bits per heavy atom. The van der Waals surface area contributed by atoms with Crippen LogP contribution in [0.1, 0.15) is 37.4 Å². The number of carbonyl (C=O) groups is 1. The first-order chi connectivity index (χ1) is 12.5. The van der Waals surface area contributed by atoms with Crippen LogP contribution in [0.25, 0.3) is 11.1 Å². The zero-order valence-corrected chi connectivity index (χ0v) is 14.8. The maximum absolute atomic E-state index is 12.3. The number of oxazole rings is 1. The van der Waals surface area contributed by atoms with Gasteiger partial charge in [-0.25, -0.2) is 9.59 Å². The molecule has 1 aliphatic rings. The van der Waals surface area contributed by atoms with Crippen LogP contribution < -0.4 is 16.4 Å². The number of hydrogen-bond acceptors (Lipinski definition) is 4. The van der Waals surface area contributed by atoms with Crippen LogP contribution in [0.15, 0.2) is 33.6 Å². The molecule has 1 fully saturated rings. The first kappa shape index (κ1) is 16.4. The molecule has 0 aliphatic heterocycles. The van der Waals surface area contributed by atoms with Gasteiger partial charge in [0.15, 0.2) is 5.58 Å². The fraction of sp³-hybridized carbons (Fsp3) is 0.389. The summed E-state index contributed by atoms with van der Waals surface area (Å²) in [5.74, 6) is -0.434. The predicted octanol–water partition coefficient (Wildman–Crippen LogP) is 3.40. The van der Waals surface area contributed by atoms with Gasteiger partial charge >= 0.3 is 11.8 Å². The molecule has 0 saturated heterocycles. The second-order valence-electron chi connectivity index (χ2n) is 6.72. The molecule has 0 atom stereocenters. The van der Waals surface area contributed by atoms with Gasteiger partial charge in [-0.1, -0.05) is 12.8 Å². The standard InChI is InChI=1S/C18H21N5O3/c1-11-14(10-19-23(11)13-5-3-4-6-13)21-17(24)20-12-7-8-15-16(9-12)26-18(25)22(15)2/h7-10,13H,3-6H2,1-2H3,(H2,20,21,24). The van der Waals surface area contributed by atoms with E-state index in [1.807, 2.05) is 11.6 Å². The number of nitrogens with zero attached hydrogens (tertiary/aromatic N) is 3. The molecule has 1 saturated carbocycles. The number of aromatic nitrogens is 3. The van der Waals surface area contributed by atoms with Crippen LogP contribution in [0.2, 0.25) is 0 Å². The van der Waals surface area contributed by atoms with Crippen molar-refractivity contribution in [2.24, 2.45) is 7.05 Å². The van der Waals surface area contributed by atoms with Crippen molar-refractivity contribution in [3.63, 3.8) is 0 Å². The molecule has 4 rings (SSSR count). The van der Waals surface area contributed by atoms with Gasteiger partial charge in [-0.15, -0.1) is 0 Å². The quantitative estimate of drug-likeness (QED) is 0.753. The first-order valence-electron chi connectivity index (χ1n) is 8.74. The van der Waals surface area contributed by atoms with E-state index in [-0.39, 0.29) is 6.03 Å². The molecule has 0 bridgehead atoms. The zero-order valence-electron chi connectivity index (χ0n) is 14.8.